The Hall–Kier alpha value is -1.92. The highest BCUT2D eigenvalue weighted by atomic mass is 79.9. The van der Waals surface area contributed by atoms with Crippen LogP contribution < -0.4 is 5.32 Å². The maximum absolute atomic E-state index is 11.7. The largest absolute Gasteiger partial charge is 0.452 e. The Balaban J connectivity index is 1.86. The van der Waals surface area contributed by atoms with Crippen molar-refractivity contribution < 1.29 is 14.3 Å². The number of rotatable bonds is 4. The molecule has 5 nitrogen and oxygen atoms in total. The number of amides is 1. The Morgan fingerprint density at radius 1 is 1.24 bits per heavy atom. The summed E-state index contributed by atoms with van der Waals surface area (Å²) in [6, 6.07) is 9.87. The molecule has 108 valence electrons. The predicted molar refractivity (Wildman–Crippen MR) is 82.3 cm³/mol. The Morgan fingerprint density at radius 2 is 1.95 bits per heavy atom. The maximum Gasteiger partial charge on any atom is 0.338 e. The minimum absolute atomic E-state index is 0.184. The summed E-state index contributed by atoms with van der Waals surface area (Å²) in [6.45, 7) is -0.380. The molecule has 1 aromatic heterocycles. The molecule has 0 spiro atoms. The van der Waals surface area contributed by atoms with Gasteiger partial charge in [0.15, 0.2) is 6.61 Å². The monoisotopic (exact) mass is 368 g/mol. The molecule has 0 aliphatic heterocycles. The number of hydrogen-bond donors (Lipinski definition) is 1. The normalized spacial score (nSPS) is 10.0. The zero-order valence-electron chi connectivity index (χ0n) is 10.7. The zero-order valence-corrected chi connectivity index (χ0v) is 13.0. The van der Waals surface area contributed by atoms with E-state index in [0.717, 1.165) is 4.47 Å². The molecule has 0 bridgehead atoms. The molecule has 0 aliphatic rings. The number of carbonyl (C=O) groups is 2. The number of pyridine rings is 1. The number of nitrogens with one attached hydrogen (secondary N) is 1. The molecule has 2 rings (SSSR count). The van der Waals surface area contributed by atoms with Crippen molar-refractivity contribution in [3.05, 3.63) is 57.8 Å². The van der Waals surface area contributed by atoms with Crippen LogP contribution in [0.4, 0.5) is 5.69 Å². The molecular formula is C14H10BrClN2O3. The Labute approximate surface area is 134 Å². The number of benzene rings is 1. The smallest absolute Gasteiger partial charge is 0.338 e. The van der Waals surface area contributed by atoms with E-state index in [-0.39, 0.29) is 17.3 Å². The van der Waals surface area contributed by atoms with E-state index in [9.17, 15) is 9.59 Å². The molecule has 0 atom stereocenters. The van der Waals surface area contributed by atoms with Gasteiger partial charge in [0.25, 0.3) is 5.91 Å². The fraction of sp³-hybridized carbons (Fsp3) is 0.0714. The molecule has 1 heterocycles. The van der Waals surface area contributed by atoms with Crippen LogP contribution in [-0.2, 0) is 9.53 Å². The topological polar surface area (TPSA) is 68.3 Å². The van der Waals surface area contributed by atoms with Crippen LogP contribution in [0, 0.1) is 0 Å². The van der Waals surface area contributed by atoms with Gasteiger partial charge in [-0.1, -0.05) is 27.5 Å². The molecular weight excluding hydrogens is 360 g/mol. The van der Waals surface area contributed by atoms with Crippen LogP contribution in [0.2, 0.25) is 5.15 Å². The van der Waals surface area contributed by atoms with E-state index < -0.39 is 11.9 Å². The van der Waals surface area contributed by atoms with E-state index in [1.54, 1.807) is 24.3 Å². The number of halogens is 2. The Morgan fingerprint density at radius 3 is 2.62 bits per heavy atom. The van der Waals surface area contributed by atoms with Crippen molar-refractivity contribution >= 4 is 45.1 Å². The lowest BCUT2D eigenvalue weighted by molar-refractivity contribution is -0.119. The number of ether oxygens (including phenoxy) is 1. The minimum atomic E-state index is -0.634. The van der Waals surface area contributed by atoms with E-state index in [0.29, 0.717) is 5.69 Å². The molecule has 1 amide bonds. The van der Waals surface area contributed by atoms with Crippen molar-refractivity contribution in [3.8, 4) is 0 Å². The van der Waals surface area contributed by atoms with Crippen LogP contribution in [0.3, 0.4) is 0 Å². The molecule has 0 unspecified atom stereocenters. The number of esters is 1. The van der Waals surface area contributed by atoms with Crippen molar-refractivity contribution in [3.63, 3.8) is 0 Å². The van der Waals surface area contributed by atoms with Crippen molar-refractivity contribution in [2.45, 2.75) is 0 Å². The van der Waals surface area contributed by atoms with Crippen molar-refractivity contribution in [2.24, 2.45) is 0 Å². The average Bonchev–Trinajstić information content (AvgIpc) is 2.47. The van der Waals surface area contributed by atoms with Gasteiger partial charge < -0.3 is 10.1 Å². The first-order valence-electron chi connectivity index (χ1n) is 5.89. The number of carbonyl (C=O) groups excluding carboxylic acids is 2. The van der Waals surface area contributed by atoms with Gasteiger partial charge in [-0.05, 0) is 36.4 Å². The lowest BCUT2D eigenvalue weighted by Gasteiger charge is -2.06. The van der Waals surface area contributed by atoms with Crippen LogP contribution in [0.15, 0.2) is 47.1 Å². The first kappa shape index (κ1) is 15.5. The van der Waals surface area contributed by atoms with E-state index in [1.165, 1.54) is 18.3 Å². The summed E-state index contributed by atoms with van der Waals surface area (Å²) in [4.78, 5) is 27.1. The third-order valence-corrected chi connectivity index (χ3v) is 3.16. The van der Waals surface area contributed by atoms with E-state index in [1.807, 2.05) is 0 Å². The second kappa shape index (κ2) is 7.19. The summed E-state index contributed by atoms with van der Waals surface area (Å²) in [5.74, 6) is -1.06. The number of anilines is 1. The number of hydrogen-bond acceptors (Lipinski definition) is 4. The summed E-state index contributed by atoms with van der Waals surface area (Å²) in [5.41, 5.74) is 0.859. The highest BCUT2D eigenvalue weighted by Gasteiger charge is 2.11. The van der Waals surface area contributed by atoms with Crippen LogP contribution in [-0.4, -0.2) is 23.5 Å². The fourth-order valence-electron chi connectivity index (χ4n) is 1.47. The van der Waals surface area contributed by atoms with Crippen molar-refractivity contribution in [2.75, 3.05) is 11.9 Å². The van der Waals surface area contributed by atoms with Crippen LogP contribution >= 0.6 is 27.5 Å². The highest BCUT2D eigenvalue weighted by molar-refractivity contribution is 9.10. The lowest BCUT2D eigenvalue weighted by atomic mass is 10.3. The van der Waals surface area contributed by atoms with Gasteiger partial charge in [-0.25, -0.2) is 9.78 Å². The Bertz CT molecular complexity index is 662. The molecule has 21 heavy (non-hydrogen) atoms. The van der Waals surface area contributed by atoms with E-state index >= 15 is 0 Å². The summed E-state index contributed by atoms with van der Waals surface area (Å²) in [6.07, 6.45) is 1.39. The predicted octanol–water partition coefficient (Wildman–Crippen LogP) is 3.29. The van der Waals surface area contributed by atoms with E-state index in [4.69, 9.17) is 16.3 Å². The molecule has 1 N–H and O–H groups in total. The van der Waals surface area contributed by atoms with Crippen molar-refractivity contribution in [1.29, 1.82) is 0 Å². The molecule has 0 aliphatic carbocycles. The lowest BCUT2D eigenvalue weighted by Crippen LogP contribution is -2.20. The highest BCUT2D eigenvalue weighted by Crippen LogP contribution is 2.14. The van der Waals surface area contributed by atoms with Gasteiger partial charge in [-0.3, -0.25) is 4.79 Å². The van der Waals surface area contributed by atoms with Gasteiger partial charge in [0.1, 0.15) is 5.15 Å². The van der Waals surface area contributed by atoms with Gasteiger partial charge in [0.05, 0.1) is 5.56 Å². The second-order valence-corrected chi connectivity index (χ2v) is 5.30. The van der Waals surface area contributed by atoms with E-state index in [2.05, 4.69) is 26.2 Å². The van der Waals surface area contributed by atoms with Gasteiger partial charge in [0.2, 0.25) is 0 Å². The molecule has 0 saturated heterocycles. The maximum atomic E-state index is 11.7. The molecule has 0 saturated carbocycles. The quantitative estimate of drug-likeness (QED) is 0.663. The zero-order chi connectivity index (χ0) is 15.2. The third-order valence-electron chi connectivity index (χ3n) is 2.42. The van der Waals surface area contributed by atoms with Gasteiger partial charge in [0, 0.05) is 16.4 Å². The molecule has 0 fully saturated rings. The van der Waals surface area contributed by atoms with Crippen molar-refractivity contribution in [1.82, 2.24) is 4.98 Å². The first-order valence-corrected chi connectivity index (χ1v) is 7.06. The second-order valence-electron chi connectivity index (χ2n) is 4.00. The standard InChI is InChI=1S/C14H10BrClN2O3/c15-10-1-3-11(4-2-10)18-13(19)8-21-14(20)9-5-6-17-12(16)7-9/h1-7H,8H2,(H,18,19). The number of aromatic nitrogens is 1. The summed E-state index contributed by atoms with van der Waals surface area (Å²) >= 11 is 8.96. The van der Waals surface area contributed by atoms with Gasteiger partial charge >= 0.3 is 5.97 Å². The fourth-order valence-corrected chi connectivity index (χ4v) is 1.91. The SMILES string of the molecule is O=C(COC(=O)c1ccnc(Cl)c1)Nc1ccc(Br)cc1. The first-order chi connectivity index (χ1) is 10.0. The molecule has 7 heteroatoms. The minimum Gasteiger partial charge on any atom is -0.452 e. The van der Waals surface area contributed by atoms with Crippen LogP contribution in [0.1, 0.15) is 10.4 Å². The van der Waals surface area contributed by atoms with Crippen LogP contribution in [0.5, 0.6) is 0 Å². The molecule has 0 radical (unpaired) electrons. The van der Waals surface area contributed by atoms with Gasteiger partial charge in [-0.2, -0.15) is 0 Å². The van der Waals surface area contributed by atoms with Gasteiger partial charge in [-0.15, -0.1) is 0 Å². The summed E-state index contributed by atoms with van der Waals surface area (Å²) in [5, 5.41) is 2.80. The molecule has 2 aromatic rings. The third kappa shape index (κ3) is 4.84. The summed E-state index contributed by atoms with van der Waals surface area (Å²) in [7, 11) is 0. The average molecular weight is 370 g/mol. The Kier molecular flexibility index (Phi) is 5.30. The summed E-state index contributed by atoms with van der Waals surface area (Å²) < 4.78 is 5.80. The molecule has 1 aromatic carbocycles. The van der Waals surface area contributed by atoms with Crippen LogP contribution in [0.25, 0.3) is 0 Å². The number of nitrogens with zero attached hydrogens (tertiary/aromatic N) is 1.